The lowest BCUT2D eigenvalue weighted by Gasteiger charge is -2.15. The van der Waals surface area contributed by atoms with Crippen molar-refractivity contribution in [2.45, 2.75) is 0 Å². The first-order valence-corrected chi connectivity index (χ1v) is 7.66. The number of ether oxygens (including phenoxy) is 4. The summed E-state index contributed by atoms with van der Waals surface area (Å²) in [5.74, 6) is 1.07. The average molecular weight is 376 g/mol. The molecule has 0 bridgehead atoms. The van der Waals surface area contributed by atoms with Crippen LogP contribution in [0.1, 0.15) is 11.1 Å². The van der Waals surface area contributed by atoms with Gasteiger partial charge >= 0.3 is 0 Å². The standard InChI is InChI=1S/C18H20N2O7/c1-24-13-6-5-10(7-12(13)21)16(19-22)17(20-23)11-8-14(25-2)18(27-4)15(9-11)26-3/h5-9,21-23H,1-4H3/b19-16+,20-17+. The topological polar surface area (TPSA) is 122 Å². The van der Waals surface area contributed by atoms with E-state index in [1.807, 2.05) is 0 Å². The van der Waals surface area contributed by atoms with Gasteiger partial charge in [0.15, 0.2) is 23.0 Å². The monoisotopic (exact) mass is 376 g/mol. The molecule has 0 spiro atoms. The first kappa shape index (κ1) is 19.7. The van der Waals surface area contributed by atoms with Gasteiger partial charge in [-0.2, -0.15) is 0 Å². The molecule has 0 saturated heterocycles. The van der Waals surface area contributed by atoms with Gasteiger partial charge in [-0.15, -0.1) is 0 Å². The third-order valence-electron chi connectivity index (χ3n) is 3.81. The summed E-state index contributed by atoms with van der Waals surface area (Å²) in [5, 5.41) is 35.5. The number of aromatic hydroxyl groups is 1. The molecule has 9 heteroatoms. The number of methoxy groups -OCH3 is 4. The molecule has 0 aliphatic carbocycles. The first-order chi connectivity index (χ1) is 13.0. The van der Waals surface area contributed by atoms with E-state index in [0.29, 0.717) is 22.8 Å². The van der Waals surface area contributed by atoms with Gasteiger partial charge in [-0.25, -0.2) is 0 Å². The summed E-state index contributed by atoms with van der Waals surface area (Å²) in [4.78, 5) is 0. The number of hydrogen-bond acceptors (Lipinski definition) is 9. The van der Waals surface area contributed by atoms with E-state index >= 15 is 0 Å². The van der Waals surface area contributed by atoms with Gasteiger partial charge in [-0.1, -0.05) is 10.3 Å². The second-order valence-electron chi connectivity index (χ2n) is 5.20. The minimum atomic E-state index is -0.168. The van der Waals surface area contributed by atoms with Crippen LogP contribution < -0.4 is 18.9 Å². The molecule has 0 aromatic heterocycles. The van der Waals surface area contributed by atoms with Gasteiger partial charge in [0.1, 0.15) is 11.4 Å². The van der Waals surface area contributed by atoms with Crippen LogP contribution in [-0.2, 0) is 0 Å². The van der Waals surface area contributed by atoms with Crippen molar-refractivity contribution in [3.05, 3.63) is 41.5 Å². The summed E-state index contributed by atoms with van der Waals surface area (Å²) in [6, 6.07) is 7.41. The van der Waals surface area contributed by atoms with Crippen LogP contribution in [0.3, 0.4) is 0 Å². The highest BCUT2D eigenvalue weighted by molar-refractivity contribution is 6.53. The Morgan fingerprint density at radius 2 is 1.22 bits per heavy atom. The Kier molecular flexibility index (Phi) is 6.32. The first-order valence-electron chi connectivity index (χ1n) is 7.66. The Balaban J connectivity index is 2.59. The fraction of sp³-hybridized carbons (Fsp3) is 0.222. The number of phenolic OH excluding ortho intramolecular Hbond substituents is 1. The van der Waals surface area contributed by atoms with Crippen molar-refractivity contribution < 1.29 is 34.5 Å². The number of phenols is 1. The van der Waals surface area contributed by atoms with Crippen molar-refractivity contribution >= 4 is 11.4 Å². The predicted molar refractivity (Wildman–Crippen MR) is 97.4 cm³/mol. The molecule has 0 heterocycles. The molecule has 2 rings (SSSR count). The molecule has 0 unspecified atom stereocenters. The van der Waals surface area contributed by atoms with Gasteiger partial charge in [0, 0.05) is 11.1 Å². The minimum Gasteiger partial charge on any atom is -0.504 e. The van der Waals surface area contributed by atoms with Crippen LogP contribution in [0.25, 0.3) is 0 Å². The lowest BCUT2D eigenvalue weighted by atomic mass is 9.98. The molecule has 9 nitrogen and oxygen atoms in total. The lowest BCUT2D eigenvalue weighted by Crippen LogP contribution is -2.18. The zero-order valence-electron chi connectivity index (χ0n) is 15.3. The van der Waals surface area contributed by atoms with E-state index in [2.05, 4.69) is 10.3 Å². The summed E-state index contributed by atoms with van der Waals surface area (Å²) in [6.07, 6.45) is 0. The molecule has 0 aliphatic rings. The Bertz CT molecular complexity index is 853. The third kappa shape index (κ3) is 3.81. The molecular formula is C18H20N2O7. The van der Waals surface area contributed by atoms with Crippen molar-refractivity contribution in [3.8, 4) is 28.7 Å². The highest BCUT2D eigenvalue weighted by atomic mass is 16.5. The smallest absolute Gasteiger partial charge is 0.203 e. The van der Waals surface area contributed by atoms with E-state index in [-0.39, 0.29) is 28.5 Å². The summed E-state index contributed by atoms with van der Waals surface area (Å²) < 4.78 is 20.8. The summed E-state index contributed by atoms with van der Waals surface area (Å²) in [6.45, 7) is 0. The van der Waals surface area contributed by atoms with E-state index < -0.39 is 0 Å². The van der Waals surface area contributed by atoms with Gasteiger partial charge in [-0.05, 0) is 30.3 Å². The van der Waals surface area contributed by atoms with E-state index in [1.54, 1.807) is 0 Å². The summed E-state index contributed by atoms with van der Waals surface area (Å²) >= 11 is 0. The maximum atomic E-state index is 9.97. The maximum Gasteiger partial charge on any atom is 0.203 e. The molecule has 3 N–H and O–H groups in total. The molecule has 2 aromatic carbocycles. The Labute approximate surface area is 155 Å². The molecule has 27 heavy (non-hydrogen) atoms. The molecule has 0 radical (unpaired) electrons. The Hall–Kier alpha value is -3.62. The molecule has 2 aromatic rings. The summed E-state index contributed by atoms with van der Waals surface area (Å²) in [7, 11) is 5.76. The quantitative estimate of drug-likeness (QED) is 0.385. The minimum absolute atomic E-state index is 0.0821. The van der Waals surface area contributed by atoms with Crippen LogP contribution in [0.15, 0.2) is 40.6 Å². The normalized spacial score (nSPS) is 11.9. The molecule has 0 amide bonds. The van der Waals surface area contributed by atoms with Crippen LogP contribution in [-0.4, -0.2) is 55.4 Å². The van der Waals surface area contributed by atoms with Crippen LogP contribution in [0, 0.1) is 0 Å². The van der Waals surface area contributed by atoms with Gasteiger partial charge in [0.25, 0.3) is 0 Å². The molecular weight excluding hydrogens is 356 g/mol. The van der Waals surface area contributed by atoms with Crippen LogP contribution in [0.4, 0.5) is 0 Å². The second kappa shape index (κ2) is 8.65. The molecule has 144 valence electrons. The molecule has 0 atom stereocenters. The molecule has 0 aliphatic heterocycles. The van der Waals surface area contributed by atoms with Gasteiger partial charge in [0.05, 0.1) is 28.4 Å². The third-order valence-corrected chi connectivity index (χ3v) is 3.81. The molecule has 0 saturated carbocycles. The van der Waals surface area contributed by atoms with Crippen molar-refractivity contribution in [3.63, 3.8) is 0 Å². The highest BCUT2D eigenvalue weighted by Gasteiger charge is 2.22. The van der Waals surface area contributed by atoms with Crippen molar-refractivity contribution in [2.24, 2.45) is 10.3 Å². The SMILES string of the molecule is COc1ccc(C(=N\O)/C(=N/O)c2cc(OC)c(OC)c(OC)c2)cc1O. The average Bonchev–Trinajstić information content (AvgIpc) is 2.70. The zero-order valence-corrected chi connectivity index (χ0v) is 15.3. The van der Waals surface area contributed by atoms with Crippen LogP contribution >= 0.6 is 0 Å². The van der Waals surface area contributed by atoms with Gasteiger partial charge < -0.3 is 34.5 Å². The maximum absolute atomic E-state index is 9.97. The fourth-order valence-corrected chi connectivity index (χ4v) is 2.54. The van der Waals surface area contributed by atoms with Gasteiger partial charge in [-0.3, -0.25) is 0 Å². The predicted octanol–water partition coefficient (Wildman–Crippen LogP) is 2.48. The van der Waals surface area contributed by atoms with Crippen molar-refractivity contribution in [2.75, 3.05) is 28.4 Å². The zero-order chi connectivity index (χ0) is 20.0. The highest BCUT2D eigenvalue weighted by Crippen LogP contribution is 2.38. The number of benzene rings is 2. The van der Waals surface area contributed by atoms with Crippen molar-refractivity contribution in [1.29, 1.82) is 0 Å². The Morgan fingerprint density at radius 3 is 1.63 bits per heavy atom. The van der Waals surface area contributed by atoms with E-state index in [9.17, 15) is 15.5 Å². The fourth-order valence-electron chi connectivity index (χ4n) is 2.54. The number of rotatable bonds is 7. The second-order valence-corrected chi connectivity index (χ2v) is 5.20. The van der Waals surface area contributed by atoms with E-state index in [1.165, 1.54) is 58.8 Å². The Morgan fingerprint density at radius 1 is 0.704 bits per heavy atom. The van der Waals surface area contributed by atoms with Gasteiger partial charge in [0.2, 0.25) is 5.75 Å². The van der Waals surface area contributed by atoms with Crippen molar-refractivity contribution in [1.82, 2.24) is 0 Å². The number of oxime groups is 2. The van der Waals surface area contributed by atoms with E-state index in [0.717, 1.165) is 0 Å². The summed E-state index contributed by atoms with van der Waals surface area (Å²) in [5.41, 5.74) is 0.443. The van der Waals surface area contributed by atoms with E-state index in [4.69, 9.17) is 18.9 Å². The number of hydrogen-bond donors (Lipinski definition) is 3. The van der Waals surface area contributed by atoms with Crippen LogP contribution in [0.2, 0.25) is 0 Å². The largest absolute Gasteiger partial charge is 0.504 e. The van der Waals surface area contributed by atoms with Crippen LogP contribution in [0.5, 0.6) is 28.7 Å². The molecule has 0 fully saturated rings. The number of nitrogens with zero attached hydrogens (tertiary/aromatic N) is 2. The lowest BCUT2D eigenvalue weighted by molar-refractivity contribution is 0.314.